The minimum Gasteiger partial charge on any atom is -0.478 e. The molecule has 15 heavy (non-hydrogen) atoms. The predicted octanol–water partition coefficient (Wildman–Crippen LogP) is 1.47. The van der Waals surface area contributed by atoms with E-state index >= 15 is 0 Å². The van der Waals surface area contributed by atoms with Crippen molar-refractivity contribution in [2.45, 2.75) is 32.1 Å². The van der Waals surface area contributed by atoms with E-state index in [1.54, 1.807) is 0 Å². The number of aliphatic carboxylic acids is 1. The third-order valence-corrected chi connectivity index (χ3v) is 3.63. The Morgan fingerprint density at radius 2 is 1.87 bits per heavy atom. The van der Waals surface area contributed by atoms with Crippen LogP contribution in [-0.2, 0) is 9.59 Å². The Kier molecular flexibility index (Phi) is 5.92. The van der Waals surface area contributed by atoms with Gasteiger partial charge in [-0.15, -0.1) is 0 Å². The molecule has 0 saturated carbocycles. The Hall–Kier alpha value is -1.10. The zero-order valence-corrected chi connectivity index (χ0v) is 10.5. The number of hydrogen-bond donors (Lipinski definition) is 2. The van der Waals surface area contributed by atoms with Crippen LogP contribution in [0.25, 0.3) is 0 Å². The number of nitrogens with one attached hydrogen (secondary N) is 1. The van der Waals surface area contributed by atoms with Gasteiger partial charge in [-0.1, -0.05) is 25.7 Å². The van der Waals surface area contributed by atoms with Gasteiger partial charge in [0.25, 0.3) is 0 Å². The van der Waals surface area contributed by atoms with Gasteiger partial charge in [0, 0.05) is 26.8 Å². The Balaban J connectivity index is 3.61. The summed E-state index contributed by atoms with van der Waals surface area (Å²) in [7, 11) is -1.03. The third kappa shape index (κ3) is 10.8. The fraction of sp³-hybridized carbons (Fsp3) is 0.600. The number of carboxylic acid groups (broad SMARTS) is 1. The molecule has 0 atom stereocenters. The molecule has 0 fully saturated rings. The van der Waals surface area contributed by atoms with Crippen molar-refractivity contribution >= 4 is 20.0 Å². The molecule has 0 saturated heterocycles. The molecule has 0 aliphatic carbocycles. The van der Waals surface area contributed by atoms with Gasteiger partial charge in [-0.25, -0.2) is 4.79 Å². The molecule has 0 radical (unpaired) electrons. The van der Waals surface area contributed by atoms with Crippen molar-refractivity contribution in [3.05, 3.63) is 12.2 Å². The third-order valence-electron chi connectivity index (χ3n) is 1.78. The van der Waals surface area contributed by atoms with Crippen LogP contribution in [-0.4, -0.2) is 31.6 Å². The van der Waals surface area contributed by atoms with Gasteiger partial charge in [0.15, 0.2) is 0 Å². The summed E-state index contributed by atoms with van der Waals surface area (Å²) in [6.07, 6.45) is 2.84. The molecule has 0 spiro atoms. The standard InChI is InChI=1S/C10H19NO3Si/c1-15(2,3)8-4-7-11-9(12)5-6-10(13)14/h5-6H,4,7-8H2,1-3H3,(H,11,12)(H,13,14). The first-order valence-electron chi connectivity index (χ1n) is 5.00. The average Bonchev–Trinajstić information content (AvgIpc) is 2.07. The molecule has 0 rings (SSSR count). The summed E-state index contributed by atoms with van der Waals surface area (Å²) in [6, 6.07) is 1.16. The fourth-order valence-electron chi connectivity index (χ4n) is 1.04. The zero-order chi connectivity index (χ0) is 11.9. The van der Waals surface area contributed by atoms with Crippen LogP contribution < -0.4 is 5.32 Å². The van der Waals surface area contributed by atoms with Crippen LogP contribution in [0.3, 0.4) is 0 Å². The average molecular weight is 229 g/mol. The van der Waals surface area contributed by atoms with Crippen LogP contribution >= 0.6 is 0 Å². The quantitative estimate of drug-likeness (QED) is 0.412. The van der Waals surface area contributed by atoms with Crippen LogP contribution in [0.15, 0.2) is 12.2 Å². The molecule has 0 aliphatic heterocycles. The first-order chi connectivity index (χ1) is 6.81. The molecule has 0 bridgehead atoms. The first kappa shape index (κ1) is 13.9. The van der Waals surface area contributed by atoms with Gasteiger partial charge in [-0.3, -0.25) is 4.79 Å². The van der Waals surface area contributed by atoms with Crippen molar-refractivity contribution in [3.63, 3.8) is 0 Å². The van der Waals surface area contributed by atoms with E-state index in [2.05, 4.69) is 25.0 Å². The van der Waals surface area contributed by atoms with E-state index in [0.717, 1.165) is 24.6 Å². The van der Waals surface area contributed by atoms with Crippen LogP contribution in [0.2, 0.25) is 25.7 Å². The van der Waals surface area contributed by atoms with E-state index < -0.39 is 14.0 Å². The number of hydrogen-bond acceptors (Lipinski definition) is 2. The van der Waals surface area contributed by atoms with Crippen molar-refractivity contribution in [1.29, 1.82) is 0 Å². The summed E-state index contributed by atoms with van der Waals surface area (Å²) in [5.41, 5.74) is 0. The number of amides is 1. The molecule has 5 heteroatoms. The molecular weight excluding hydrogens is 210 g/mol. The molecule has 86 valence electrons. The lowest BCUT2D eigenvalue weighted by molar-refractivity contribution is -0.131. The lowest BCUT2D eigenvalue weighted by atomic mass is 10.4. The molecule has 0 aliphatic rings. The summed E-state index contributed by atoms with van der Waals surface area (Å²) < 4.78 is 0. The first-order valence-corrected chi connectivity index (χ1v) is 8.71. The van der Waals surface area contributed by atoms with E-state index in [0.29, 0.717) is 6.54 Å². The largest absolute Gasteiger partial charge is 0.478 e. The minimum atomic E-state index is -1.10. The molecule has 0 aromatic heterocycles. The monoisotopic (exact) mass is 229 g/mol. The second-order valence-corrected chi connectivity index (χ2v) is 10.2. The molecule has 0 aromatic rings. The van der Waals surface area contributed by atoms with Crippen molar-refractivity contribution < 1.29 is 14.7 Å². The van der Waals surface area contributed by atoms with Gasteiger partial charge in [0.2, 0.25) is 5.91 Å². The summed E-state index contributed by atoms with van der Waals surface area (Å²) in [5, 5.41) is 10.9. The Bertz CT molecular complexity index is 256. The maximum absolute atomic E-state index is 11.0. The molecule has 0 unspecified atom stereocenters. The highest BCUT2D eigenvalue weighted by Crippen LogP contribution is 2.09. The number of carbonyl (C=O) groups excluding carboxylic acids is 1. The number of carboxylic acids is 1. The van der Waals surface area contributed by atoms with Crippen molar-refractivity contribution in [1.82, 2.24) is 5.32 Å². The highest BCUT2D eigenvalue weighted by atomic mass is 28.3. The minimum absolute atomic E-state index is 0.340. The Labute approximate surface area is 91.4 Å². The Morgan fingerprint density at radius 1 is 1.27 bits per heavy atom. The second kappa shape index (κ2) is 6.39. The fourth-order valence-corrected chi connectivity index (χ4v) is 2.27. The van der Waals surface area contributed by atoms with Crippen molar-refractivity contribution in [2.75, 3.05) is 6.54 Å². The van der Waals surface area contributed by atoms with Gasteiger partial charge < -0.3 is 10.4 Å². The van der Waals surface area contributed by atoms with Gasteiger partial charge in [0.05, 0.1) is 0 Å². The maximum Gasteiger partial charge on any atom is 0.328 e. The smallest absolute Gasteiger partial charge is 0.328 e. The molecular formula is C10H19NO3Si. The van der Waals surface area contributed by atoms with Crippen molar-refractivity contribution in [2.24, 2.45) is 0 Å². The van der Waals surface area contributed by atoms with Crippen molar-refractivity contribution in [3.8, 4) is 0 Å². The topological polar surface area (TPSA) is 66.4 Å². The van der Waals surface area contributed by atoms with Crippen LogP contribution in [0, 0.1) is 0 Å². The summed E-state index contributed by atoms with van der Waals surface area (Å²) >= 11 is 0. The second-order valence-electron chi connectivity index (χ2n) is 4.63. The van der Waals surface area contributed by atoms with Crippen LogP contribution in [0.5, 0.6) is 0 Å². The Morgan fingerprint density at radius 3 is 2.33 bits per heavy atom. The highest BCUT2D eigenvalue weighted by Gasteiger charge is 2.11. The number of rotatable bonds is 6. The molecule has 2 N–H and O–H groups in total. The van der Waals surface area contributed by atoms with Gasteiger partial charge >= 0.3 is 5.97 Å². The molecule has 4 nitrogen and oxygen atoms in total. The van der Waals surface area contributed by atoms with E-state index in [9.17, 15) is 9.59 Å². The van der Waals surface area contributed by atoms with E-state index in [-0.39, 0.29) is 5.91 Å². The summed E-state index contributed by atoms with van der Waals surface area (Å²) in [5.74, 6) is -1.44. The van der Waals surface area contributed by atoms with E-state index in [1.165, 1.54) is 0 Å². The molecule has 0 heterocycles. The van der Waals surface area contributed by atoms with Gasteiger partial charge in [-0.05, 0) is 6.42 Å². The zero-order valence-electron chi connectivity index (χ0n) is 9.54. The SMILES string of the molecule is C[Si](C)(C)CCCNC(=O)C=CC(=O)O. The lowest BCUT2D eigenvalue weighted by Gasteiger charge is -2.14. The van der Waals surface area contributed by atoms with Gasteiger partial charge in [-0.2, -0.15) is 0 Å². The summed E-state index contributed by atoms with van der Waals surface area (Å²) in [6.45, 7) is 7.45. The maximum atomic E-state index is 11.0. The molecule has 0 aromatic carbocycles. The van der Waals surface area contributed by atoms with Crippen LogP contribution in [0.1, 0.15) is 6.42 Å². The van der Waals surface area contributed by atoms with Crippen LogP contribution in [0.4, 0.5) is 0 Å². The lowest BCUT2D eigenvalue weighted by Crippen LogP contribution is -2.26. The summed E-state index contributed by atoms with van der Waals surface area (Å²) in [4.78, 5) is 21.1. The van der Waals surface area contributed by atoms with E-state index in [1.807, 2.05) is 0 Å². The van der Waals surface area contributed by atoms with E-state index in [4.69, 9.17) is 5.11 Å². The van der Waals surface area contributed by atoms with Gasteiger partial charge in [0.1, 0.15) is 0 Å². The normalized spacial score (nSPS) is 11.7. The predicted molar refractivity (Wildman–Crippen MR) is 62.6 cm³/mol. The highest BCUT2D eigenvalue weighted by molar-refractivity contribution is 6.76. The number of carbonyl (C=O) groups is 2. The molecule has 1 amide bonds.